The van der Waals surface area contributed by atoms with Crippen LogP contribution < -0.4 is 5.73 Å². The Morgan fingerprint density at radius 2 is 2.43 bits per heavy atom. The van der Waals surface area contributed by atoms with Gasteiger partial charge in [0.2, 0.25) is 0 Å². The highest BCUT2D eigenvalue weighted by atomic mass is 16.5. The van der Waals surface area contributed by atoms with E-state index in [1.54, 1.807) is 7.11 Å². The van der Waals surface area contributed by atoms with Gasteiger partial charge in [-0.05, 0) is 6.54 Å². The summed E-state index contributed by atoms with van der Waals surface area (Å²) in [6, 6.07) is 0. The van der Waals surface area contributed by atoms with Gasteiger partial charge in [0.25, 0.3) is 0 Å². The average Bonchev–Trinajstić information content (AvgIpc) is 1.68. The summed E-state index contributed by atoms with van der Waals surface area (Å²) in [5.41, 5.74) is 5.16. The molecule has 0 heterocycles. The lowest BCUT2D eigenvalue weighted by Crippen LogP contribution is -2.00. The number of hydrogen-bond donors (Lipinski definition) is 1. The van der Waals surface area contributed by atoms with E-state index in [0.29, 0.717) is 6.54 Å². The third-order valence-electron chi connectivity index (χ3n) is 0.712. The minimum Gasteiger partial charge on any atom is -0.502 e. The monoisotopic (exact) mass is 101 g/mol. The first-order valence-electron chi connectivity index (χ1n) is 2.23. The molecule has 2 nitrogen and oxygen atoms in total. The molecule has 0 fully saturated rings. The Morgan fingerprint density at radius 1 is 1.86 bits per heavy atom. The molecule has 0 aromatic carbocycles. The first-order chi connectivity index (χ1) is 3.31. The molecule has 0 aromatic heterocycles. The van der Waals surface area contributed by atoms with E-state index in [1.807, 2.05) is 0 Å². The van der Waals surface area contributed by atoms with Crippen molar-refractivity contribution in [2.75, 3.05) is 13.7 Å². The Morgan fingerprint density at radius 3 is 2.57 bits per heavy atom. The molecule has 42 valence electrons. The fourth-order valence-corrected chi connectivity index (χ4v) is 0.263. The van der Waals surface area contributed by atoms with Crippen LogP contribution in [-0.2, 0) is 4.74 Å². The van der Waals surface area contributed by atoms with Crippen molar-refractivity contribution < 1.29 is 4.74 Å². The third kappa shape index (κ3) is 3.33. The van der Waals surface area contributed by atoms with Crippen LogP contribution in [-0.4, -0.2) is 13.7 Å². The van der Waals surface area contributed by atoms with Crippen molar-refractivity contribution in [3.8, 4) is 0 Å². The van der Waals surface area contributed by atoms with Gasteiger partial charge in [-0.1, -0.05) is 6.58 Å². The quantitative estimate of drug-likeness (QED) is 0.525. The molecule has 2 heteroatoms. The maximum Gasteiger partial charge on any atom is 0.0896 e. The zero-order valence-electron chi connectivity index (χ0n) is 4.61. The van der Waals surface area contributed by atoms with E-state index in [4.69, 9.17) is 10.5 Å². The van der Waals surface area contributed by atoms with Gasteiger partial charge in [0.15, 0.2) is 0 Å². The van der Waals surface area contributed by atoms with Gasteiger partial charge in [-0.25, -0.2) is 0 Å². The molecule has 0 bridgehead atoms. The highest BCUT2D eigenvalue weighted by molar-refractivity contribution is 4.80. The summed E-state index contributed by atoms with van der Waals surface area (Å²) < 4.78 is 4.72. The Kier molecular flexibility index (Phi) is 3.42. The molecule has 0 amide bonds. The summed E-state index contributed by atoms with van der Waals surface area (Å²) in [5, 5.41) is 0. The van der Waals surface area contributed by atoms with Crippen LogP contribution in [0.15, 0.2) is 12.3 Å². The molecular weight excluding hydrogens is 90.1 g/mol. The fraction of sp³-hybridized carbons (Fsp3) is 0.600. The minimum atomic E-state index is 0.618. The van der Waals surface area contributed by atoms with Gasteiger partial charge in [-0.3, -0.25) is 0 Å². The Balaban J connectivity index is 3.00. The summed E-state index contributed by atoms with van der Waals surface area (Å²) in [7, 11) is 1.60. The summed E-state index contributed by atoms with van der Waals surface area (Å²) in [5.74, 6) is 0.752. The molecule has 0 aliphatic heterocycles. The van der Waals surface area contributed by atoms with Crippen LogP contribution in [0.1, 0.15) is 6.42 Å². The van der Waals surface area contributed by atoms with Crippen LogP contribution in [0.5, 0.6) is 0 Å². The van der Waals surface area contributed by atoms with Crippen LogP contribution in [0.25, 0.3) is 0 Å². The fourth-order valence-electron chi connectivity index (χ4n) is 0.263. The first kappa shape index (κ1) is 6.50. The summed E-state index contributed by atoms with van der Waals surface area (Å²) in [6.07, 6.45) is 0.760. The van der Waals surface area contributed by atoms with Gasteiger partial charge >= 0.3 is 0 Å². The predicted octanol–water partition coefficient (Wildman–Crippen LogP) is 0.495. The van der Waals surface area contributed by atoms with Crippen molar-refractivity contribution in [2.24, 2.45) is 5.73 Å². The van der Waals surface area contributed by atoms with E-state index in [-0.39, 0.29) is 0 Å². The Hall–Kier alpha value is -0.500. The predicted molar refractivity (Wildman–Crippen MR) is 29.8 cm³/mol. The summed E-state index contributed by atoms with van der Waals surface area (Å²) >= 11 is 0. The maximum absolute atomic E-state index is 5.16. The molecule has 0 atom stereocenters. The lowest BCUT2D eigenvalue weighted by molar-refractivity contribution is 0.280. The normalized spacial score (nSPS) is 8.29. The van der Waals surface area contributed by atoms with Crippen molar-refractivity contribution in [2.45, 2.75) is 6.42 Å². The molecule has 0 aliphatic carbocycles. The molecule has 0 unspecified atom stereocenters. The molecule has 0 aromatic rings. The minimum absolute atomic E-state index is 0.618. The second-order valence-electron chi connectivity index (χ2n) is 1.28. The smallest absolute Gasteiger partial charge is 0.0896 e. The highest BCUT2D eigenvalue weighted by Gasteiger charge is 1.84. The van der Waals surface area contributed by atoms with Crippen LogP contribution in [0.3, 0.4) is 0 Å². The molecule has 0 radical (unpaired) electrons. The maximum atomic E-state index is 5.16. The lowest BCUT2D eigenvalue weighted by Gasteiger charge is -1.98. The van der Waals surface area contributed by atoms with Gasteiger partial charge in [0.1, 0.15) is 0 Å². The molecule has 0 rings (SSSR count). The molecule has 2 N–H and O–H groups in total. The molecule has 0 saturated heterocycles. The van der Waals surface area contributed by atoms with Crippen LogP contribution in [0, 0.1) is 0 Å². The van der Waals surface area contributed by atoms with E-state index < -0.39 is 0 Å². The van der Waals surface area contributed by atoms with E-state index in [2.05, 4.69) is 6.58 Å². The number of nitrogens with two attached hydrogens (primary N) is 1. The SMILES string of the molecule is C=C(CCN)OC. The van der Waals surface area contributed by atoms with Crippen molar-refractivity contribution in [3.05, 3.63) is 12.3 Å². The Bertz CT molecular complexity index is 61.1. The van der Waals surface area contributed by atoms with Crippen molar-refractivity contribution in [1.29, 1.82) is 0 Å². The van der Waals surface area contributed by atoms with Gasteiger partial charge in [-0.15, -0.1) is 0 Å². The van der Waals surface area contributed by atoms with Gasteiger partial charge in [-0.2, -0.15) is 0 Å². The molecule has 7 heavy (non-hydrogen) atoms. The Labute approximate surface area is 44.0 Å². The van der Waals surface area contributed by atoms with Gasteiger partial charge in [0, 0.05) is 6.42 Å². The number of rotatable bonds is 3. The van der Waals surface area contributed by atoms with Crippen molar-refractivity contribution >= 4 is 0 Å². The number of hydrogen-bond acceptors (Lipinski definition) is 2. The zero-order valence-corrected chi connectivity index (χ0v) is 4.61. The topological polar surface area (TPSA) is 35.2 Å². The molecule has 0 saturated carbocycles. The summed E-state index contributed by atoms with van der Waals surface area (Å²) in [6.45, 7) is 4.18. The molecule has 0 spiro atoms. The van der Waals surface area contributed by atoms with Crippen molar-refractivity contribution in [3.63, 3.8) is 0 Å². The van der Waals surface area contributed by atoms with Crippen LogP contribution in [0.4, 0.5) is 0 Å². The van der Waals surface area contributed by atoms with E-state index in [0.717, 1.165) is 12.2 Å². The second-order valence-corrected chi connectivity index (χ2v) is 1.28. The van der Waals surface area contributed by atoms with Crippen molar-refractivity contribution in [1.82, 2.24) is 0 Å². The van der Waals surface area contributed by atoms with Gasteiger partial charge in [0.05, 0.1) is 12.9 Å². The average molecular weight is 101 g/mol. The standard InChI is InChI=1S/C5H11NO/c1-5(7-2)3-4-6/h1,3-4,6H2,2H3. The van der Waals surface area contributed by atoms with Crippen LogP contribution in [0.2, 0.25) is 0 Å². The summed E-state index contributed by atoms with van der Waals surface area (Å²) in [4.78, 5) is 0. The lowest BCUT2D eigenvalue weighted by atomic mass is 10.4. The molecule has 0 aliphatic rings. The van der Waals surface area contributed by atoms with Gasteiger partial charge < -0.3 is 10.5 Å². The third-order valence-corrected chi connectivity index (χ3v) is 0.712. The highest BCUT2D eigenvalue weighted by Crippen LogP contribution is 1.92. The van der Waals surface area contributed by atoms with E-state index >= 15 is 0 Å². The largest absolute Gasteiger partial charge is 0.502 e. The number of methoxy groups -OCH3 is 1. The van der Waals surface area contributed by atoms with Crippen LogP contribution >= 0.6 is 0 Å². The van der Waals surface area contributed by atoms with E-state index in [9.17, 15) is 0 Å². The first-order valence-corrected chi connectivity index (χ1v) is 2.23. The number of ether oxygens (including phenoxy) is 1. The second kappa shape index (κ2) is 3.68. The molecular formula is C5H11NO. The van der Waals surface area contributed by atoms with E-state index in [1.165, 1.54) is 0 Å². The zero-order chi connectivity index (χ0) is 5.70.